The minimum atomic E-state index is -4.75. The molecule has 0 unspecified atom stereocenters. The van der Waals surface area contributed by atoms with Gasteiger partial charge in [-0.2, -0.15) is 0 Å². The van der Waals surface area contributed by atoms with E-state index in [2.05, 4.69) is 20.3 Å². The van der Waals surface area contributed by atoms with Gasteiger partial charge in [-0.3, -0.25) is 4.79 Å². The molecule has 134 valence electrons. The Morgan fingerprint density at radius 3 is 2.60 bits per heavy atom. The van der Waals surface area contributed by atoms with Crippen LogP contribution in [-0.2, 0) is 4.79 Å². The normalized spacial score (nSPS) is 15.7. The molecular weight excluding hydrogens is 359 g/mol. The Balaban J connectivity index is 1.53. The van der Waals surface area contributed by atoms with Crippen LogP contribution >= 0.6 is 11.8 Å². The van der Waals surface area contributed by atoms with Crippen molar-refractivity contribution in [2.24, 2.45) is 0 Å². The number of aromatic nitrogens is 2. The highest BCUT2D eigenvalue weighted by Crippen LogP contribution is 2.40. The van der Waals surface area contributed by atoms with Gasteiger partial charge in [-0.15, -0.1) is 23.4 Å². The van der Waals surface area contributed by atoms with Crippen molar-refractivity contribution >= 4 is 23.4 Å². The minimum Gasteiger partial charge on any atom is -0.416 e. The Morgan fingerprint density at radius 1 is 1.32 bits per heavy atom. The number of amides is 1. The summed E-state index contributed by atoms with van der Waals surface area (Å²) in [6, 6.07) is 4.91. The van der Waals surface area contributed by atoms with Gasteiger partial charge < -0.3 is 14.5 Å². The van der Waals surface area contributed by atoms with Crippen LogP contribution in [-0.4, -0.2) is 27.7 Å². The van der Waals surface area contributed by atoms with Crippen LogP contribution in [0.4, 0.5) is 18.9 Å². The van der Waals surface area contributed by atoms with E-state index in [9.17, 15) is 18.0 Å². The van der Waals surface area contributed by atoms with Crippen molar-refractivity contribution < 1.29 is 27.1 Å². The summed E-state index contributed by atoms with van der Waals surface area (Å²) < 4.78 is 45.6. The van der Waals surface area contributed by atoms with Gasteiger partial charge in [-0.25, -0.2) is 0 Å². The van der Waals surface area contributed by atoms with E-state index < -0.39 is 11.6 Å². The van der Waals surface area contributed by atoms with Gasteiger partial charge in [0.05, 0.1) is 5.25 Å². The number of benzene rings is 1. The van der Waals surface area contributed by atoms with E-state index in [0.717, 1.165) is 36.7 Å². The van der Waals surface area contributed by atoms with Crippen molar-refractivity contribution in [1.29, 1.82) is 0 Å². The van der Waals surface area contributed by atoms with Crippen molar-refractivity contribution in [3.05, 3.63) is 30.2 Å². The molecule has 0 aliphatic heterocycles. The van der Waals surface area contributed by atoms with Crippen LogP contribution in [0.25, 0.3) is 0 Å². The number of thioether (sulfide) groups is 1. The standard InChI is InChI=1S/C15H14F3N3O3S/c1-8(25-14-21-20-13(23-14)9-2-3-9)12(22)19-10-4-6-11(7-5-10)24-15(16,17)18/h4-9H,2-3H2,1H3,(H,19,22)/t8-/m0/s1. The zero-order valence-corrected chi connectivity index (χ0v) is 13.9. The molecule has 1 heterocycles. The third-order valence-electron chi connectivity index (χ3n) is 3.35. The minimum absolute atomic E-state index is 0.318. The molecule has 1 aliphatic rings. The number of halogens is 3. The van der Waals surface area contributed by atoms with Gasteiger partial charge in [0, 0.05) is 11.6 Å². The van der Waals surface area contributed by atoms with Crippen LogP contribution in [0.5, 0.6) is 5.75 Å². The summed E-state index contributed by atoms with van der Waals surface area (Å²) in [6.07, 6.45) is -2.67. The lowest BCUT2D eigenvalue weighted by atomic mass is 10.3. The number of ether oxygens (including phenoxy) is 1. The molecule has 1 N–H and O–H groups in total. The zero-order chi connectivity index (χ0) is 18.0. The number of carbonyl (C=O) groups is 1. The summed E-state index contributed by atoms with van der Waals surface area (Å²) in [7, 11) is 0. The fourth-order valence-electron chi connectivity index (χ4n) is 1.95. The molecular formula is C15H14F3N3O3S. The lowest BCUT2D eigenvalue weighted by molar-refractivity contribution is -0.274. The second-order valence-corrected chi connectivity index (χ2v) is 6.79. The number of rotatable bonds is 6. The van der Waals surface area contributed by atoms with E-state index in [1.807, 2.05) is 0 Å². The molecule has 1 atom stereocenters. The van der Waals surface area contributed by atoms with Crippen LogP contribution in [0.2, 0.25) is 0 Å². The van der Waals surface area contributed by atoms with E-state index in [1.165, 1.54) is 12.1 Å². The van der Waals surface area contributed by atoms with Crippen LogP contribution < -0.4 is 10.1 Å². The third kappa shape index (κ3) is 5.12. The molecule has 1 aromatic carbocycles. The lowest BCUT2D eigenvalue weighted by Crippen LogP contribution is -2.22. The fourth-order valence-corrected chi connectivity index (χ4v) is 2.64. The van der Waals surface area contributed by atoms with E-state index >= 15 is 0 Å². The lowest BCUT2D eigenvalue weighted by Gasteiger charge is -2.11. The predicted molar refractivity (Wildman–Crippen MR) is 83.3 cm³/mol. The van der Waals surface area contributed by atoms with Gasteiger partial charge in [0.15, 0.2) is 0 Å². The van der Waals surface area contributed by atoms with Crippen molar-refractivity contribution in [2.75, 3.05) is 5.32 Å². The number of anilines is 1. The largest absolute Gasteiger partial charge is 0.573 e. The molecule has 1 fully saturated rings. The summed E-state index contributed by atoms with van der Waals surface area (Å²) in [4.78, 5) is 12.2. The number of hydrogen-bond acceptors (Lipinski definition) is 6. The van der Waals surface area contributed by atoms with Gasteiger partial charge in [0.1, 0.15) is 5.75 Å². The second-order valence-electron chi connectivity index (χ2n) is 5.50. The quantitative estimate of drug-likeness (QED) is 0.772. The maximum atomic E-state index is 12.2. The summed E-state index contributed by atoms with van der Waals surface area (Å²) in [5.74, 6) is 0.242. The van der Waals surface area contributed by atoms with E-state index in [-0.39, 0.29) is 11.7 Å². The average molecular weight is 373 g/mol. The number of nitrogens with one attached hydrogen (secondary N) is 1. The van der Waals surface area contributed by atoms with E-state index in [0.29, 0.717) is 22.7 Å². The second kappa shape index (κ2) is 6.95. The zero-order valence-electron chi connectivity index (χ0n) is 13.0. The molecule has 10 heteroatoms. The first kappa shape index (κ1) is 17.6. The summed E-state index contributed by atoms with van der Waals surface area (Å²) >= 11 is 1.12. The van der Waals surface area contributed by atoms with Gasteiger partial charge >= 0.3 is 6.36 Å². The van der Waals surface area contributed by atoms with Crippen LogP contribution in [0.3, 0.4) is 0 Å². The number of alkyl halides is 3. The molecule has 0 spiro atoms. The van der Waals surface area contributed by atoms with Crippen molar-refractivity contribution in [3.8, 4) is 5.75 Å². The molecule has 1 aliphatic carbocycles. The molecule has 1 aromatic heterocycles. The van der Waals surface area contributed by atoms with Gasteiger partial charge in [-0.1, -0.05) is 11.8 Å². The molecule has 6 nitrogen and oxygen atoms in total. The smallest absolute Gasteiger partial charge is 0.416 e. The molecule has 0 radical (unpaired) electrons. The SMILES string of the molecule is C[C@H](Sc1nnc(C2CC2)o1)C(=O)Nc1ccc(OC(F)(F)F)cc1. The molecule has 0 saturated heterocycles. The highest BCUT2D eigenvalue weighted by atomic mass is 32.2. The topological polar surface area (TPSA) is 77.2 Å². The summed E-state index contributed by atoms with van der Waals surface area (Å²) in [6.45, 7) is 1.67. The van der Waals surface area contributed by atoms with Crippen LogP contribution in [0.1, 0.15) is 31.6 Å². The average Bonchev–Trinajstić information content (AvgIpc) is 3.28. The number of hydrogen-bond donors (Lipinski definition) is 1. The monoisotopic (exact) mass is 373 g/mol. The van der Waals surface area contributed by atoms with Crippen molar-refractivity contribution in [2.45, 2.75) is 42.5 Å². The highest BCUT2D eigenvalue weighted by Gasteiger charge is 2.31. The molecule has 2 aromatic rings. The van der Waals surface area contributed by atoms with Gasteiger partial charge in [0.2, 0.25) is 11.8 Å². The highest BCUT2D eigenvalue weighted by molar-refractivity contribution is 8.00. The summed E-state index contributed by atoms with van der Waals surface area (Å²) in [5, 5.41) is 10.2. The van der Waals surface area contributed by atoms with Crippen molar-refractivity contribution in [3.63, 3.8) is 0 Å². The summed E-state index contributed by atoms with van der Waals surface area (Å²) in [5.41, 5.74) is 0.358. The van der Waals surface area contributed by atoms with Gasteiger partial charge in [-0.05, 0) is 44.0 Å². The first-order valence-corrected chi connectivity index (χ1v) is 8.35. The number of nitrogens with zero attached hydrogens (tertiary/aromatic N) is 2. The Hall–Kier alpha value is -2.23. The maximum Gasteiger partial charge on any atom is 0.573 e. The Morgan fingerprint density at radius 2 is 2.00 bits per heavy atom. The first-order chi connectivity index (χ1) is 11.8. The molecule has 25 heavy (non-hydrogen) atoms. The number of carbonyl (C=O) groups excluding carboxylic acids is 1. The Kier molecular flexibility index (Phi) is 4.89. The first-order valence-electron chi connectivity index (χ1n) is 7.47. The van der Waals surface area contributed by atoms with E-state index in [1.54, 1.807) is 6.92 Å². The van der Waals surface area contributed by atoms with E-state index in [4.69, 9.17) is 4.42 Å². The van der Waals surface area contributed by atoms with Crippen LogP contribution in [0.15, 0.2) is 33.9 Å². The third-order valence-corrected chi connectivity index (χ3v) is 4.29. The molecule has 1 amide bonds. The van der Waals surface area contributed by atoms with Crippen LogP contribution in [0, 0.1) is 0 Å². The fraction of sp³-hybridized carbons (Fsp3) is 0.400. The molecule has 0 bridgehead atoms. The molecule has 1 saturated carbocycles. The predicted octanol–water partition coefficient (Wildman–Crippen LogP) is 3.96. The Bertz CT molecular complexity index is 744. The van der Waals surface area contributed by atoms with Crippen molar-refractivity contribution in [1.82, 2.24) is 10.2 Å². The molecule has 3 rings (SSSR count). The Labute approximate surface area is 145 Å². The van der Waals surface area contributed by atoms with Gasteiger partial charge in [0.25, 0.3) is 5.22 Å². The maximum absolute atomic E-state index is 12.2.